The average Bonchev–Trinajstić information content (AvgIpc) is 2.17. The van der Waals surface area contributed by atoms with Gasteiger partial charge in [-0.3, -0.25) is 0 Å². The van der Waals surface area contributed by atoms with Crippen molar-refractivity contribution in [2.24, 2.45) is 5.41 Å². The van der Waals surface area contributed by atoms with Gasteiger partial charge in [0.05, 0.1) is 17.4 Å². The Kier molecular flexibility index (Phi) is 4.86. The van der Waals surface area contributed by atoms with Crippen molar-refractivity contribution in [2.75, 3.05) is 12.4 Å². The molecule has 0 saturated heterocycles. The fraction of sp³-hybridized carbons (Fsp3) is 0.455. The Morgan fingerprint density at radius 3 is 2.56 bits per heavy atom. The van der Waals surface area contributed by atoms with E-state index < -0.39 is 20.3 Å². The molecule has 1 aromatic rings. The quantitative estimate of drug-likeness (QED) is 0.782. The highest BCUT2D eigenvalue weighted by atomic mass is 35.7. The highest BCUT2D eigenvalue weighted by Gasteiger charge is 2.26. The topological polar surface area (TPSA) is 43.4 Å². The molecule has 3 nitrogen and oxygen atoms in total. The third kappa shape index (κ3) is 5.00. The zero-order valence-electron chi connectivity index (χ0n) is 9.91. The Labute approximate surface area is 115 Å². The summed E-state index contributed by atoms with van der Waals surface area (Å²) >= 11 is 5.60. The SMILES string of the molecule is CC(C)(COc1cccc(Cl)c1F)CS(=O)(=O)Cl. The van der Waals surface area contributed by atoms with Gasteiger partial charge < -0.3 is 4.74 Å². The van der Waals surface area contributed by atoms with E-state index in [1.54, 1.807) is 19.9 Å². The summed E-state index contributed by atoms with van der Waals surface area (Å²) in [4.78, 5) is 0. The Hall–Kier alpha value is -0.520. The van der Waals surface area contributed by atoms with Gasteiger partial charge >= 0.3 is 0 Å². The number of benzene rings is 1. The lowest BCUT2D eigenvalue weighted by Crippen LogP contribution is -2.28. The predicted octanol–water partition coefficient (Wildman–Crippen LogP) is 3.45. The van der Waals surface area contributed by atoms with Gasteiger partial charge in [-0.15, -0.1) is 0 Å². The Morgan fingerprint density at radius 1 is 1.39 bits per heavy atom. The Bertz CT molecular complexity index is 529. The molecule has 0 aliphatic carbocycles. The second kappa shape index (κ2) is 5.63. The van der Waals surface area contributed by atoms with Crippen LogP contribution in [0.5, 0.6) is 5.75 Å². The van der Waals surface area contributed by atoms with Crippen molar-refractivity contribution in [1.82, 2.24) is 0 Å². The minimum atomic E-state index is -3.63. The molecule has 0 unspecified atom stereocenters. The molecular weight excluding hydrogens is 302 g/mol. The van der Waals surface area contributed by atoms with E-state index in [0.29, 0.717) is 0 Å². The Balaban J connectivity index is 2.73. The van der Waals surface area contributed by atoms with Crippen molar-refractivity contribution >= 4 is 31.3 Å². The molecule has 0 saturated carbocycles. The molecule has 0 spiro atoms. The molecule has 0 fully saturated rings. The van der Waals surface area contributed by atoms with Crippen LogP contribution in [0.25, 0.3) is 0 Å². The van der Waals surface area contributed by atoms with Crippen molar-refractivity contribution in [3.05, 3.63) is 29.0 Å². The maximum Gasteiger partial charge on any atom is 0.233 e. The fourth-order valence-corrected chi connectivity index (χ4v) is 3.45. The van der Waals surface area contributed by atoms with Gasteiger partial charge in [-0.05, 0) is 12.1 Å². The summed E-state index contributed by atoms with van der Waals surface area (Å²) in [5.74, 6) is -0.935. The molecule has 0 amide bonds. The summed E-state index contributed by atoms with van der Waals surface area (Å²) in [5, 5.41) is -0.0460. The third-order valence-corrected chi connectivity index (χ3v) is 3.84. The van der Waals surface area contributed by atoms with Crippen LogP contribution in [-0.4, -0.2) is 20.8 Å². The van der Waals surface area contributed by atoms with Gasteiger partial charge in [0.1, 0.15) is 0 Å². The Morgan fingerprint density at radius 2 is 2.00 bits per heavy atom. The smallest absolute Gasteiger partial charge is 0.233 e. The van der Waals surface area contributed by atoms with E-state index in [2.05, 4.69) is 0 Å². The van der Waals surface area contributed by atoms with Crippen LogP contribution in [-0.2, 0) is 9.05 Å². The molecule has 0 N–H and O–H groups in total. The predicted molar refractivity (Wildman–Crippen MR) is 70.3 cm³/mol. The lowest BCUT2D eigenvalue weighted by atomic mass is 9.98. The van der Waals surface area contributed by atoms with E-state index in [9.17, 15) is 12.8 Å². The van der Waals surface area contributed by atoms with Crippen molar-refractivity contribution in [3.63, 3.8) is 0 Å². The standard InChI is InChI=1S/C11H13Cl2FO3S/c1-11(2,7-18(13,15)16)6-17-9-5-3-4-8(12)10(9)14/h3-5H,6-7H2,1-2H3. The van der Waals surface area contributed by atoms with Gasteiger partial charge in [0.15, 0.2) is 11.6 Å². The normalized spacial score (nSPS) is 12.5. The van der Waals surface area contributed by atoms with Crippen LogP contribution in [0.1, 0.15) is 13.8 Å². The summed E-state index contributed by atoms with van der Waals surface area (Å²) in [6.45, 7) is 3.33. The van der Waals surface area contributed by atoms with Crippen LogP contribution >= 0.6 is 22.3 Å². The minimum Gasteiger partial charge on any atom is -0.490 e. The first-order chi connectivity index (χ1) is 8.11. The van der Waals surface area contributed by atoms with Crippen LogP contribution in [0, 0.1) is 11.2 Å². The summed E-state index contributed by atoms with van der Waals surface area (Å²) in [6, 6.07) is 4.37. The van der Waals surface area contributed by atoms with Crippen molar-refractivity contribution < 1.29 is 17.5 Å². The van der Waals surface area contributed by atoms with Gasteiger partial charge in [-0.2, -0.15) is 0 Å². The second-order valence-corrected chi connectivity index (χ2v) is 7.87. The molecule has 7 heteroatoms. The van der Waals surface area contributed by atoms with E-state index in [4.69, 9.17) is 27.0 Å². The molecule has 1 rings (SSSR count). The van der Waals surface area contributed by atoms with Crippen molar-refractivity contribution in [1.29, 1.82) is 0 Å². The number of ether oxygens (including phenoxy) is 1. The molecule has 1 aromatic carbocycles. The first-order valence-electron chi connectivity index (χ1n) is 5.10. The first-order valence-corrected chi connectivity index (χ1v) is 7.95. The lowest BCUT2D eigenvalue weighted by molar-refractivity contribution is 0.193. The molecule has 0 aromatic heterocycles. The zero-order valence-corrected chi connectivity index (χ0v) is 12.2. The summed E-state index contributed by atoms with van der Waals surface area (Å²) in [7, 11) is 1.55. The van der Waals surface area contributed by atoms with Crippen LogP contribution < -0.4 is 4.74 Å². The van der Waals surface area contributed by atoms with Gasteiger partial charge in [-0.25, -0.2) is 12.8 Å². The molecule has 0 radical (unpaired) electrons. The number of hydrogen-bond acceptors (Lipinski definition) is 3. The molecule has 18 heavy (non-hydrogen) atoms. The zero-order chi connectivity index (χ0) is 14.0. The molecule has 0 heterocycles. The van der Waals surface area contributed by atoms with Crippen LogP contribution in [0.4, 0.5) is 4.39 Å². The molecule has 0 atom stereocenters. The van der Waals surface area contributed by atoms with E-state index in [-0.39, 0.29) is 23.1 Å². The number of rotatable bonds is 5. The average molecular weight is 315 g/mol. The van der Waals surface area contributed by atoms with Crippen LogP contribution in [0.15, 0.2) is 18.2 Å². The van der Waals surface area contributed by atoms with Gasteiger partial charge in [0.2, 0.25) is 9.05 Å². The fourth-order valence-electron chi connectivity index (χ4n) is 1.38. The maximum atomic E-state index is 13.5. The van der Waals surface area contributed by atoms with E-state index in [1.165, 1.54) is 12.1 Å². The second-order valence-electron chi connectivity index (χ2n) is 4.69. The highest BCUT2D eigenvalue weighted by molar-refractivity contribution is 8.13. The minimum absolute atomic E-state index is 0.0101. The summed E-state index contributed by atoms with van der Waals surface area (Å²) in [5.41, 5.74) is -0.727. The number of hydrogen-bond donors (Lipinski definition) is 0. The monoisotopic (exact) mass is 314 g/mol. The third-order valence-electron chi connectivity index (χ3n) is 2.10. The van der Waals surface area contributed by atoms with E-state index >= 15 is 0 Å². The lowest BCUT2D eigenvalue weighted by Gasteiger charge is -2.23. The van der Waals surface area contributed by atoms with Crippen LogP contribution in [0.2, 0.25) is 5.02 Å². The van der Waals surface area contributed by atoms with Crippen molar-refractivity contribution in [2.45, 2.75) is 13.8 Å². The molecule has 0 bridgehead atoms. The van der Waals surface area contributed by atoms with Crippen molar-refractivity contribution in [3.8, 4) is 5.75 Å². The van der Waals surface area contributed by atoms with E-state index in [0.717, 1.165) is 0 Å². The van der Waals surface area contributed by atoms with Crippen LogP contribution in [0.3, 0.4) is 0 Å². The van der Waals surface area contributed by atoms with Gasteiger partial charge in [0, 0.05) is 16.1 Å². The van der Waals surface area contributed by atoms with E-state index in [1.807, 2.05) is 0 Å². The summed E-state index contributed by atoms with van der Waals surface area (Å²) < 4.78 is 40.7. The summed E-state index contributed by atoms with van der Waals surface area (Å²) in [6.07, 6.45) is 0. The molecular formula is C11H13Cl2FO3S. The number of halogens is 3. The maximum absolute atomic E-state index is 13.5. The molecule has 102 valence electrons. The molecule has 0 aliphatic rings. The largest absolute Gasteiger partial charge is 0.490 e. The van der Waals surface area contributed by atoms with Gasteiger partial charge in [0.25, 0.3) is 0 Å². The molecule has 0 aliphatic heterocycles. The first kappa shape index (κ1) is 15.5. The highest BCUT2D eigenvalue weighted by Crippen LogP contribution is 2.27. The van der Waals surface area contributed by atoms with Gasteiger partial charge in [-0.1, -0.05) is 31.5 Å².